The van der Waals surface area contributed by atoms with Crippen LogP contribution in [-0.4, -0.2) is 42.7 Å². The van der Waals surface area contributed by atoms with Crippen LogP contribution in [0.4, 0.5) is 0 Å². The van der Waals surface area contributed by atoms with Gasteiger partial charge in [-0.15, -0.1) is 0 Å². The largest absolute Gasteiger partial charge is 0.456 e. The SMILES string of the molecule is C=CC(=O)OC(C)(C)CC(C)(C)[N+](C)(C)C. The van der Waals surface area contributed by atoms with Gasteiger partial charge >= 0.3 is 5.97 Å². The highest BCUT2D eigenvalue weighted by molar-refractivity contribution is 5.81. The number of carbonyl (C=O) groups is 1. The first kappa shape index (κ1) is 15.2. The van der Waals surface area contributed by atoms with Crippen molar-refractivity contribution in [1.82, 2.24) is 0 Å². The lowest BCUT2D eigenvalue weighted by molar-refractivity contribution is -0.920. The van der Waals surface area contributed by atoms with Gasteiger partial charge in [0.15, 0.2) is 0 Å². The molecule has 0 aromatic carbocycles. The van der Waals surface area contributed by atoms with Gasteiger partial charge in [-0.1, -0.05) is 6.58 Å². The molecule has 0 rings (SSSR count). The number of nitrogens with zero attached hydrogens (tertiary/aromatic N) is 1. The van der Waals surface area contributed by atoms with Crippen molar-refractivity contribution < 1.29 is 14.0 Å². The maximum Gasteiger partial charge on any atom is 0.330 e. The van der Waals surface area contributed by atoms with E-state index in [9.17, 15) is 4.79 Å². The first-order chi connectivity index (χ1) is 6.91. The maximum atomic E-state index is 11.2. The van der Waals surface area contributed by atoms with Gasteiger partial charge in [0.25, 0.3) is 0 Å². The van der Waals surface area contributed by atoms with E-state index in [-0.39, 0.29) is 11.5 Å². The quantitative estimate of drug-likeness (QED) is 0.410. The minimum absolute atomic E-state index is 0.0327. The van der Waals surface area contributed by atoms with E-state index in [0.29, 0.717) is 0 Å². The second-order valence-corrected chi connectivity index (χ2v) is 6.39. The van der Waals surface area contributed by atoms with E-state index in [1.807, 2.05) is 13.8 Å². The third-order valence-electron chi connectivity index (χ3n) is 3.22. The molecule has 0 N–H and O–H groups in total. The molecule has 0 aliphatic carbocycles. The van der Waals surface area contributed by atoms with Gasteiger partial charge in [0, 0.05) is 12.5 Å². The highest BCUT2D eigenvalue weighted by Gasteiger charge is 2.40. The van der Waals surface area contributed by atoms with Crippen LogP contribution in [0, 0.1) is 0 Å². The molecule has 0 amide bonds. The van der Waals surface area contributed by atoms with Gasteiger partial charge in [0.2, 0.25) is 0 Å². The molecule has 16 heavy (non-hydrogen) atoms. The van der Waals surface area contributed by atoms with Crippen molar-refractivity contribution in [3.63, 3.8) is 0 Å². The van der Waals surface area contributed by atoms with E-state index >= 15 is 0 Å². The Kier molecular flexibility index (Phi) is 4.34. The summed E-state index contributed by atoms with van der Waals surface area (Å²) in [5, 5.41) is 0. The Balaban J connectivity index is 4.70. The molecular formula is C13H26NO2+. The van der Waals surface area contributed by atoms with Gasteiger partial charge in [-0.05, 0) is 27.7 Å². The van der Waals surface area contributed by atoms with Crippen LogP contribution >= 0.6 is 0 Å². The number of hydrogen-bond acceptors (Lipinski definition) is 2. The fourth-order valence-electron chi connectivity index (χ4n) is 1.63. The summed E-state index contributed by atoms with van der Waals surface area (Å²) in [6, 6.07) is 0. The molecule has 0 saturated carbocycles. The third kappa shape index (κ3) is 4.35. The second kappa shape index (κ2) is 4.58. The molecule has 3 nitrogen and oxygen atoms in total. The van der Waals surface area contributed by atoms with Crippen molar-refractivity contribution in [3.05, 3.63) is 12.7 Å². The zero-order chi connectivity index (χ0) is 13.2. The number of hydrogen-bond donors (Lipinski definition) is 0. The van der Waals surface area contributed by atoms with Crippen LogP contribution in [0.3, 0.4) is 0 Å². The summed E-state index contributed by atoms with van der Waals surface area (Å²) < 4.78 is 6.17. The van der Waals surface area contributed by atoms with Crippen LogP contribution < -0.4 is 0 Å². The fourth-order valence-corrected chi connectivity index (χ4v) is 1.63. The van der Waals surface area contributed by atoms with E-state index in [0.717, 1.165) is 10.9 Å². The summed E-state index contributed by atoms with van der Waals surface area (Å²) >= 11 is 0. The van der Waals surface area contributed by atoms with E-state index in [1.165, 1.54) is 6.08 Å². The van der Waals surface area contributed by atoms with Crippen molar-refractivity contribution in [2.75, 3.05) is 21.1 Å². The van der Waals surface area contributed by atoms with E-state index in [4.69, 9.17) is 4.74 Å². The van der Waals surface area contributed by atoms with Gasteiger partial charge in [-0.25, -0.2) is 4.79 Å². The molecule has 0 radical (unpaired) electrons. The minimum Gasteiger partial charge on any atom is -0.456 e. The lowest BCUT2D eigenvalue weighted by atomic mass is 9.87. The molecule has 0 bridgehead atoms. The maximum absolute atomic E-state index is 11.2. The Bertz CT molecular complexity index is 272. The minimum atomic E-state index is -0.472. The average Bonchev–Trinajstić information content (AvgIpc) is 1.98. The van der Waals surface area contributed by atoms with Crippen LogP contribution in [0.5, 0.6) is 0 Å². The Morgan fingerprint density at radius 1 is 1.25 bits per heavy atom. The van der Waals surface area contributed by atoms with Crippen LogP contribution in [0.1, 0.15) is 34.1 Å². The Morgan fingerprint density at radius 2 is 1.69 bits per heavy atom. The van der Waals surface area contributed by atoms with Crippen LogP contribution in [0.25, 0.3) is 0 Å². The summed E-state index contributed by atoms with van der Waals surface area (Å²) in [6.07, 6.45) is 2.00. The molecule has 0 aliphatic rings. The molecule has 0 unspecified atom stereocenters. The van der Waals surface area contributed by atoms with Crippen LogP contribution in [0.2, 0.25) is 0 Å². The average molecular weight is 228 g/mol. The smallest absolute Gasteiger partial charge is 0.330 e. The molecule has 0 spiro atoms. The zero-order valence-electron chi connectivity index (χ0n) is 11.8. The lowest BCUT2D eigenvalue weighted by Crippen LogP contribution is -2.56. The molecule has 0 heterocycles. The number of rotatable bonds is 5. The van der Waals surface area contributed by atoms with Crippen LogP contribution in [0.15, 0.2) is 12.7 Å². The number of carbonyl (C=O) groups excluding carboxylic acids is 1. The molecule has 94 valence electrons. The van der Waals surface area contributed by atoms with Gasteiger partial charge in [0.05, 0.1) is 26.7 Å². The summed E-state index contributed by atoms with van der Waals surface area (Å²) in [5.74, 6) is -0.359. The molecule has 0 aromatic rings. The third-order valence-corrected chi connectivity index (χ3v) is 3.22. The predicted octanol–water partition coefficient (Wildman–Crippen LogP) is 2.37. The topological polar surface area (TPSA) is 26.3 Å². The molecule has 0 aromatic heterocycles. The van der Waals surface area contributed by atoms with Crippen molar-refractivity contribution in [2.24, 2.45) is 0 Å². The first-order valence-corrected chi connectivity index (χ1v) is 5.58. The van der Waals surface area contributed by atoms with Gasteiger partial charge in [-0.2, -0.15) is 0 Å². The Labute approximate surface area is 99.7 Å². The first-order valence-electron chi connectivity index (χ1n) is 5.58. The Hall–Kier alpha value is -0.830. The van der Waals surface area contributed by atoms with Crippen molar-refractivity contribution in [1.29, 1.82) is 0 Å². The van der Waals surface area contributed by atoms with Gasteiger partial charge in [-0.3, -0.25) is 0 Å². The summed E-state index contributed by atoms with van der Waals surface area (Å²) in [5.41, 5.74) is -0.439. The summed E-state index contributed by atoms with van der Waals surface area (Å²) in [6.45, 7) is 11.6. The number of esters is 1. The van der Waals surface area contributed by atoms with E-state index in [2.05, 4.69) is 41.6 Å². The summed E-state index contributed by atoms with van der Waals surface area (Å²) in [7, 11) is 6.43. The Morgan fingerprint density at radius 3 is 2.00 bits per heavy atom. The molecule has 0 aliphatic heterocycles. The van der Waals surface area contributed by atoms with Gasteiger partial charge < -0.3 is 9.22 Å². The normalized spacial score (nSPS) is 13.4. The van der Waals surface area contributed by atoms with Crippen molar-refractivity contribution in [2.45, 2.75) is 45.3 Å². The number of ether oxygens (including phenoxy) is 1. The molecular weight excluding hydrogens is 202 g/mol. The highest BCUT2D eigenvalue weighted by atomic mass is 16.6. The standard InChI is InChI=1S/C13H26NO2/c1-9-11(15)16-13(4,5)10-12(2,3)14(6,7)8/h9H,1,10H2,2-8H3/q+1. The lowest BCUT2D eigenvalue weighted by Gasteiger charge is -2.44. The monoisotopic (exact) mass is 228 g/mol. The molecule has 0 saturated heterocycles. The van der Waals surface area contributed by atoms with E-state index in [1.54, 1.807) is 0 Å². The van der Waals surface area contributed by atoms with E-state index < -0.39 is 5.60 Å². The zero-order valence-corrected chi connectivity index (χ0v) is 11.8. The van der Waals surface area contributed by atoms with Crippen molar-refractivity contribution in [3.8, 4) is 0 Å². The van der Waals surface area contributed by atoms with Gasteiger partial charge in [0.1, 0.15) is 5.60 Å². The molecule has 0 fully saturated rings. The fraction of sp³-hybridized carbons (Fsp3) is 0.769. The highest BCUT2D eigenvalue weighted by Crippen LogP contribution is 2.30. The molecule has 0 atom stereocenters. The summed E-state index contributed by atoms with van der Waals surface area (Å²) in [4.78, 5) is 11.2. The van der Waals surface area contributed by atoms with Crippen LogP contribution in [-0.2, 0) is 9.53 Å². The second-order valence-electron chi connectivity index (χ2n) is 6.39. The predicted molar refractivity (Wildman–Crippen MR) is 67.1 cm³/mol. The number of quaternary nitrogens is 1. The molecule has 3 heteroatoms. The van der Waals surface area contributed by atoms with Crippen molar-refractivity contribution >= 4 is 5.97 Å².